The molecule has 0 radical (unpaired) electrons. The number of aryl methyl sites for hydroxylation is 1. The summed E-state index contributed by atoms with van der Waals surface area (Å²) in [5, 5.41) is 12.1. The van der Waals surface area contributed by atoms with Gasteiger partial charge in [-0.1, -0.05) is 25.2 Å². The number of anilines is 2. The first kappa shape index (κ1) is 23.3. The molecule has 1 aliphatic rings. The molecule has 1 fully saturated rings. The monoisotopic (exact) mass is 472 g/mol. The molecule has 1 aliphatic heterocycles. The second kappa shape index (κ2) is 9.56. The number of carbonyl (C=O) groups is 1. The topological polar surface area (TPSA) is 83.4 Å². The van der Waals surface area contributed by atoms with Crippen LogP contribution < -0.4 is 15.6 Å². The summed E-state index contributed by atoms with van der Waals surface area (Å²) in [6.45, 7) is 9.75. The minimum atomic E-state index is -0.570. The maximum absolute atomic E-state index is 15.1. The van der Waals surface area contributed by atoms with Gasteiger partial charge in [-0.15, -0.1) is 10.2 Å². The van der Waals surface area contributed by atoms with Gasteiger partial charge in [0.15, 0.2) is 0 Å². The van der Waals surface area contributed by atoms with Crippen molar-refractivity contribution in [1.29, 1.82) is 0 Å². The molecule has 0 saturated carbocycles. The van der Waals surface area contributed by atoms with E-state index in [4.69, 9.17) is 0 Å². The third kappa shape index (κ3) is 4.91. The highest BCUT2D eigenvalue weighted by Crippen LogP contribution is 2.26. The van der Waals surface area contributed by atoms with Gasteiger partial charge in [0, 0.05) is 50.7 Å². The predicted octanol–water partition coefficient (Wildman–Crippen LogP) is 3.21. The van der Waals surface area contributed by atoms with Crippen LogP contribution in [0, 0.1) is 11.7 Å². The minimum absolute atomic E-state index is 0.0447. The van der Waals surface area contributed by atoms with Gasteiger partial charge in [0.05, 0.1) is 11.2 Å². The molecule has 1 amide bonds. The van der Waals surface area contributed by atoms with Crippen molar-refractivity contribution in [1.82, 2.24) is 19.7 Å². The molecule has 10 heteroatoms. The van der Waals surface area contributed by atoms with E-state index in [-0.39, 0.29) is 10.9 Å². The normalized spacial score (nSPS) is 14.9. The second-order valence-electron chi connectivity index (χ2n) is 8.82. The Balaban J connectivity index is 1.68. The first-order chi connectivity index (χ1) is 15.8. The lowest BCUT2D eigenvalue weighted by molar-refractivity contribution is 0.102. The van der Waals surface area contributed by atoms with Crippen molar-refractivity contribution in [3.63, 3.8) is 0 Å². The fourth-order valence-corrected chi connectivity index (χ4v) is 4.96. The molecule has 1 saturated heterocycles. The number of fused-ring (bicyclic) bond motifs is 1. The summed E-state index contributed by atoms with van der Waals surface area (Å²) in [6, 6.07) is 2.99. The fraction of sp³-hybridized carbons (Fsp3) is 0.478. The van der Waals surface area contributed by atoms with Gasteiger partial charge in [-0.05, 0) is 32.0 Å². The van der Waals surface area contributed by atoms with Gasteiger partial charge in [-0.2, -0.15) is 0 Å². The molecule has 176 valence electrons. The van der Waals surface area contributed by atoms with Crippen LogP contribution in [0.5, 0.6) is 0 Å². The Labute approximate surface area is 196 Å². The van der Waals surface area contributed by atoms with E-state index in [0.29, 0.717) is 28.8 Å². The Morgan fingerprint density at radius 2 is 1.94 bits per heavy atom. The van der Waals surface area contributed by atoms with Gasteiger partial charge in [-0.25, -0.2) is 4.39 Å². The van der Waals surface area contributed by atoms with E-state index in [0.717, 1.165) is 37.6 Å². The molecule has 0 spiro atoms. The molecular formula is C23H29FN6O2S. The summed E-state index contributed by atoms with van der Waals surface area (Å²) in [5.41, 5.74) is 0.560. The molecule has 0 atom stereocenters. The number of hydrogen-bond donors (Lipinski definition) is 1. The van der Waals surface area contributed by atoms with E-state index in [1.807, 2.05) is 23.4 Å². The van der Waals surface area contributed by atoms with E-state index < -0.39 is 17.2 Å². The number of pyridine rings is 1. The van der Waals surface area contributed by atoms with Crippen LogP contribution in [0.4, 0.5) is 15.2 Å². The molecule has 3 heterocycles. The molecule has 33 heavy (non-hydrogen) atoms. The highest BCUT2D eigenvalue weighted by Gasteiger charge is 2.22. The van der Waals surface area contributed by atoms with Crippen molar-refractivity contribution in [2.75, 3.05) is 43.4 Å². The molecule has 0 bridgehead atoms. The Kier molecular flexibility index (Phi) is 6.76. The summed E-state index contributed by atoms with van der Waals surface area (Å²) in [7, 11) is 2.04. The number of carbonyl (C=O) groups excluding carboxylic acids is 1. The number of halogens is 1. The largest absolute Gasteiger partial charge is 0.367 e. The molecule has 1 N–H and O–H groups in total. The predicted molar refractivity (Wildman–Crippen MR) is 130 cm³/mol. The number of piperazine rings is 1. The van der Waals surface area contributed by atoms with Crippen molar-refractivity contribution in [2.24, 2.45) is 5.92 Å². The Bertz CT molecular complexity index is 1230. The van der Waals surface area contributed by atoms with Gasteiger partial charge >= 0.3 is 0 Å². The lowest BCUT2D eigenvalue weighted by Crippen LogP contribution is -2.44. The van der Waals surface area contributed by atoms with E-state index >= 15 is 4.39 Å². The van der Waals surface area contributed by atoms with E-state index in [1.165, 1.54) is 17.4 Å². The highest BCUT2D eigenvalue weighted by atomic mass is 32.1. The summed E-state index contributed by atoms with van der Waals surface area (Å²) in [6.07, 6.45) is 2.31. The number of nitrogens with zero attached hydrogens (tertiary/aromatic N) is 5. The third-order valence-electron chi connectivity index (χ3n) is 5.85. The van der Waals surface area contributed by atoms with Crippen LogP contribution in [0.2, 0.25) is 0 Å². The fourth-order valence-electron chi connectivity index (χ4n) is 4.01. The number of hydrogen-bond acceptors (Lipinski definition) is 7. The van der Waals surface area contributed by atoms with Crippen LogP contribution in [0.15, 0.2) is 23.1 Å². The Hall–Kier alpha value is -2.85. The van der Waals surface area contributed by atoms with Crippen molar-refractivity contribution in [3.05, 3.63) is 44.9 Å². The smallest absolute Gasteiger partial charge is 0.262 e. The average molecular weight is 473 g/mol. The van der Waals surface area contributed by atoms with Crippen molar-refractivity contribution >= 4 is 39.0 Å². The van der Waals surface area contributed by atoms with Crippen LogP contribution in [-0.2, 0) is 13.0 Å². The number of aromatic nitrogens is 3. The van der Waals surface area contributed by atoms with Crippen LogP contribution in [0.25, 0.3) is 10.9 Å². The third-order valence-corrected chi connectivity index (χ3v) is 6.71. The maximum atomic E-state index is 15.1. The summed E-state index contributed by atoms with van der Waals surface area (Å²) < 4.78 is 16.9. The van der Waals surface area contributed by atoms with Crippen LogP contribution in [0.1, 0.15) is 36.1 Å². The Morgan fingerprint density at radius 3 is 2.61 bits per heavy atom. The van der Waals surface area contributed by atoms with Gasteiger partial charge < -0.3 is 14.4 Å². The van der Waals surface area contributed by atoms with Crippen LogP contribution >= 0.6 is 11.3 Å². The van der Waals surface area contributed by atoms with Gasteiger partial charge in [-0.3, -0.25) is 14.9 Å². The molecule has 8 nitrogen and oxygen atoms in total. The molecule has 0 unspecified atom stereocenters. The Morgan fingerprint density at radius 1 is 1.21 bits per heavy atom. The van der Waals surface area contributed by atoms with Crippen LogP contribution in [0.3, 0.4) is 0 Å². The molecule has 0 aliphatic carbocycles. The van der Waals surface area contributed by atoms with Gasteiger partial charge in [0.2, 0.25) is 10.6 Å². The van der Waals surface area contributed by atoms with E-state index in [9.17, 15) is 9.59 Å². The van der Waals surface area contributed by atoms with Crippen LogP contribution in [-0.4, -0.2) is 58.8 Å². The quantitative estimate of drug-likeness (QED) is 0.593. The SMILES string of the molecule is CCn1cc(C(=O)Nc2nnc(CC(C)C)s2)c(=O)c2cc(F)c(N3CCN(C)CC3)cc21. The second-order valence-corrected chi connectivity index (χ2v) is 9.88. The molecule has 2 aromatic heterocycles. The number of likely N-dealkylation sites (N-methyl/N-ethyl adjacent to an activating group) is 1. The molecule has 1 aromatic carbocycles. The van der Waals surface area contributed by atoms with Gasteiger partial charge in [0.1, 0.15) is 16.4 Å². The number of rotatable bonds is 6. The van der Waals surface area contributed by atoms with Crippen molar-refractivity contribution < 1.29 is 9.18 Å². The van der Waals surface area contributed by atoms with Crippen molar-refractivity contribution in [2.45, 2.75) is 33.7 Å². The summed E-state index contributed by atoms with van der Waals surface area (Å²) in [5.74, 6) is -0.601. The summed E-state index contributed by atoms with van der Waals surface area (Å²) >= 11 is 1.29. The first-order valence-electron chi connectivity index (χ1n) is 11.2. The van der Waals surface area contributed by atoms with Crippen molar-refractivity contribution in [3.8, 4) is 0 Å². The lowest BCUT2D eigenvalue weighted by atomic mass is 10.1. The highest BCUT2D eigenvalue weighted by molar-refractivity contribution is 7.15. The number of nitrogens with one attached hydrogen (secondary N) is 1. The average Bonchev–Trinajstić information content (AvgIpc) is 3.20. The zero-order valence-electron chi connectivity index (χ0n) is 19.4. The van der Waals surface area contributed by atoms with E-state index in [2.05, 4.69) is 34.3 Å². The number of amides is 1. The number of benzene rings is 1. The minimum Gasteiger partial charge on any atom is -0.367 e. The lowest BCUT2D eigenvalue weighted by Gasteiger charge is -2.34. The standard InChI is InChI=1S/C23H29FN6O2S/c1-5-29-13-16(22(32)25-23-27-26-20(33-23)10-14(2)3)21(31)15-11-17(24)19(12-18(15)29)30-8-6-28(4)7-9-30/h11-14H,5-10H2,1-4H3,(H,25,27,32). The maximum Gasteiger partial charge on any atom is 0.262 e. The first-order valence-corrected chi connectivity index (χ1v) is 12.0. The molecular weight excluding hydrogens is 443 g/mol. The zero-order valence-corrected chi connectivity index (χ0v) is 20.2. The molecule has 4 rings (SSSR count). The van der Waals surface area contributed by atoms with Gasteiger partial charge in [0.25, 0.3) is 5.91 Å². The zero-order chi connectivity index (χ0) is 23.7. The molecule has 3 aromatic rings. The summed E-state index contributed by atoms with van der Waals surface area (Å²) in [4.78, 5) is 30.3. The van der Waals surface area contributed by atoms with E-state index in [1.54, 1.807) is 12.3 Å².